The predicted octanol–water partition coefficient (Wildman–Crippen LogP) is 1.91. The van der Waals surface area contributed by atoms with Gasteiger partial charge in [-0.25, -0.2) is 0 Å². The van der Waals surface area contributed by atoms with Gasteiger partial charge in [-0.05, 0) is 24.3 Å². The lowest BCUT2D eigenvalue weighted by Crippen LogP contribution is -1.98. The van der Waals surface area contributed by atoms with E-state index in [0.717, 1.165) is 0 Å². The molecule has 24 heavy (non-hydrogen) atoms. The van der Waals surface area contributed by atoms with E-state index >= 15 is 0 Å². The molecule has 4 N–H and O–H groups in total. The number of hydrogen-bond donors (Lipinski definition) is 4. The molecule has 0 amide bonds. The summed E-state index contributed by atoms with van der Waals surface area (Å²) in [6, 6.07) is 8.94. The third-order valence-corrected chi connectivity index (χ3v) is 2.89. The molecule has 0 unspecified atom stereocenters. The summed E-state index contributed by atoms with van der Waals surface area (Å²) in [7, 11) is 0. The molecular formula is C16H16N2O6. The van der Waals surface area contributed by atoms with Crippen LogP contribution >= 0.6 is 0 Å². The Hall–Kier alpha value is -3.42. The first-order valence-corrected chi connectivity index (χ1v) is 6.92. The highest BCUT2D eigenvalue weighted by Crippen LogP contribution is 2.27. The van der Waals surface area contributed by atoms with Gasteiger partial charge in [-0.3, -0.25) is 0 Å². The number of oxime groups is 2. The first-order chi connectivity index (χ1) is 11.6. The van der Waals surface area contributed by atoms with Gasteiger partial charge in [0.2, 0.25) is 0 Å². The molecule has 0 aliphatic carbocycles. The van der Waals surface area contributed by atoms with Crippen LogP contribution in [0.25, 0.3) is 0 Å². The van der Waals surface area contributed by atoms with Crippen molar-refractivity contribution in [2.24, 2.45) is 10.3 Å². The highest BCUT2D eigenvalue weighted by Gasteiger charge is 2.03. The minimum Gasteiger partial charge on any atom is -0.504 e. The number of aromatic hydroxyl groups is 4. The maximum Gasteiger partial charge on any atom is 0.166 e. The average molecular weight is 332 g/mol. The van der Waals surface area contributed by atoms with Crippen LogP contribution in [0.2, 0.25) is 0 Å². The first kappa shape index (κ1) is 16.9. The molecule has 126 valence electrons. The topological polar surface area (TPSA) is 124 Å². The fourth-order valence-electron chi connectivity index (χ4n) is 1.67. The van der Waals surface area contributed by atoms with Gasteiger partial charge in [0, 0.05) is 11.1 Å². The van der Waals surface area contributed by atoms with Gasteiger partial charge in [-0.2, -0.15) is 0 Å². The van der Waals surface area contributed by atoms with Crippen molar-refractivity contribution in [2.45, 2.75) is 0 Å². The summed E-state index contributed by atoms with van der Waals surface area (Å²) >= 11 is 0. The van der Waals surface area contributed by atoms with Crippen LogP contribution in [0, 0.1) is 0 Å². The zero-order valence-corrected chi connectivity index (χ0v) is 12.5. The molecule has 0 heterocycles. The number of benzene rings is 2. The van der Waals surface area contributed by atoms with Gasteiger partial charge in [0.1, 0.15) is 0 Å². The number of phenols is 4. The highest BCUT2D eigenvalue weighted by molar-refractivity contribution is 5.84. The molecule has 0 saturated heterocycles. The van der Waals surface area contributed by atoms with Gasteiger partial charge in [0.15, 0.2) is 36.2 Å². The molecule has 2 rings (SSSR count). The second-order valence-corrected chi connectivity index (χ2v) is 4.57. The Morgan fingerprint density at radius 1 is 0.708 bits per heavy atom. The molecule has 0 bridgehead atoms. The summed E-state index contributed by atoms with van der Waals surface area (Å²) in [5, 5.41) is 44.9. The first-order valence-electron chi connectivity index (χ1n) is 6.92. The van der Waals surface area contributed by atoms with Gasteiger partial charge in [-0.15, -0.1) is 0 Å². The molecule has 0 atom stereocenters. The molecule has 8 nitrogen and oxygen atoms in total. The number of nitrogens with zero attached hydrogens (tertiary/aromatic N) is 2. The van der Waals surface area contributed by atoms with Crippen molar-refractivity contribution in [1.82, 2.24) is 0 Å². The van der Waals surface area contributed by atoms with Crippen LogP contribution in [0.5, 0.6) is 23.0 Å². The fourth-order valence-corrected chi connectivity index (χ4v) is 1.67. The lowest BCUT2D eigenvalue weighted by Gasteiger charge is -2.02. The molecular weight excluding hydrogens is 316 g/mol. The molecule has 0 aromatic heterocycles. The third kappa shape index (κ3) is 4.54. The molecule has 2 aromatic rings. The minimum atomic E-state index is -0.281. The molecule has 2 aromatic carbocycles. The fraction of sp³-hybridized carbons (Fsp3) is 0.125. The van der Waals surface area contributed by atoms with E-state index in [1.807, 2.05) is 0 Å². The Morgan fingerprint density at radius 3 is 1.54 bits per heavy atom. The maximum absolute atomic E-state index is 9.54. The normalized spacial score (nSPS) is 11.2. The average Bonchev–Trinajstić information content (AvgIpc) is 2.57. The molecule has 8 heteroatoms. The van der Waals surface area contributed by atoms with E-state index in [2.05, 4.69) is 10.3 Å². The van der Waals surface area contributed by atoms with E-state index in [-0.39, 0.29) is 36.2 Å². The Labute approximate surface area is 137 Å². The second-order valence-electron chi connectivity index (χ2n) is 4.57. The van der Waals surface area contributed by atoms with Crippen LogP contribution in [-0.4, -0.2) is 46.1 Å². The molecule has 0 fully saturated rings. The summed E-state index contributed by atoms with van der Waals surface area (Å²) in [4.78, 5) is 9.83. The Bertz CT molecular complexity index is 682. The lowest BCUT2D eigenvalue weighted by atomic mass is 10.2. The highest BCUT2D eigenvalue weighted by atomic mass is 16.7. The number of hydrogen-bond acceptors (Lipinski definition) is 8. The monoisotopic (exact) mass is 332 g/mol. The van der Waals surface area contributed by atoms with Crippen LogP contribution in [0.4, 0.5) is 0 Å². The molecule has 0 aliphatic rings. The molecule has 0 saturated carbocycles. The van der Waals surface area contributed by atoms with Crippen LogP contribution in [0.1, 0.15) is 11.1 Å². The van der Waals surface area contributed by atoms with Crippen molar-refractivity contribution in [3.05, 3.63) is 47.5 Å². The predicted molar refractivity (Wildman–Crippen MR) is 86.6 cm³/mol. The van der Waals surface area contributed by atoms with E-state index in [1.165, 1.54) is 24.6 Å². The Morgan fingerprint density at radius 2 is 1.12 bits per heavy atom. The zero-order chi connectivity index (χ0) is 17.4. The quantitative estimate of drug-likeness (QED) is 0.266. The van der Waals surface area contributed by atoms with Gasteiger partial charge in [0.05, 0.1) is 12.4 Å². The summed E-state index contributed by atoms with van der Waals surface area (Å²) in [5.41, 5.74) is 0.626. The van der Waals surface area contributed by atoms with Crippen LogP contribution in [0.3, 0.4) is 0 Å². The Kier molecular flexibility index (Phi) is 5.84. The van der Waals surface area contributed by atoms with Gasteiger partial charge in [0.25, 0.3) is 0 Å². The minimum absolute atomic E-state index is 0.0967. The van der Waals surface area contributed by atoms with Gasteiger partial charge < -0.3 is 30.1 Å². The molecule has 0 spiro atoms. The number of para-hydroxylation sites is 2. The molecule has 0 aliphatic heterocycles. The standard InChI is InChI=1S/C16H16N2O6/c19-13-5-1-3-11(15(13)21)9-17-23-7-8-24-18-10-12-4-2-6-14(20)16(12)22/h1-6,9-10,19-22H,7-8H2. The van der Waals surface area contributed by atoms with Crippen LogP contribution in [0.15, 0.2) is 46.7 Å². The van der Waals surface area contributed by atoms with Crippen molar-refractivity contribution >= 4 is 12.4 Å². The van der Waals surface area contributed by atoms with Crippen LogP contribution in [-0.2, 0) is 9.68 Å². The van der Waals surface area contributed by atoms with Crippen molar-refractivity contribution in [3.8, 4) is 23.0 Å². The van der Waals surface area contributed by atoms with E-state index in [1.54, 1.807) is 24.3 Å². The van der Waals surface area contributed by atoms with Gasteiger partial charge in [-0.1, -0.05) is 22.4 Å². The van der Waals surface area contributed by atoms with E-state index in [9.17, 15) is 20.4 Å². The maximum atomic E-state index is 9.54. The van der Waals surface area contributed by atoms with E-state index in [4.69, 9.17) is 9.68 Å². The number of phenolic OH excluding ortho intramolecular Hbond substituents is 4. The summed E-state index contributed by atoms with van der Waals surface area (Å²) < 4.78 is 0. The largest absolute Gasteiger partial charge is 0.504 e. The summed E-state index contributed by atoms with van der Waals surface area (Å²) in [6.07, 6.45) is 2.51. The summed E-state index contributed by atoms with van der Waals surface area (Å²) in [6.45, 7) is 0.193. The SMILES string of the molecule is Oc1cccc(C=NOCCON=Cc2cccc(O)c2O)c1O. The van der Waals surface area contributed by atoms with E-state index in [0.29, 0.717) is 11.1 Å². The van der Waals surface area contributed by atoms with Crippen molar-refractivity contribution < 1.29 is 30.1 Å². The third-order valence-electron chi connectivity index (χ3n) is 2.89. The second kappa shape index (κ2) is 8.28. The lowest BCUT2D eigenvalue weighted by molar-refractivity contribution is 0.0553. The number of rotatable bonds is 7. The van der Waals surface area contributed by atoms with Crippen molar-refractivity contribution in [1.29, 1.82) is 0 Å². The summed E-state index contributed by atoms with van der Waals surface area (Å²) in [5.74, 6) is -1.05. The van der Waals surface area contributed by atoms with Crippen molar-refractivity contribution in [3.63, 3.8) is 0 Å². The van der Waals surface area contributed by atoms with Gasteiger partial charge >= 0.3 is 0 Å². The Balaban J connectivity index is 1.72. The van der Waals surface area contributed by atoms with Crippen LogP contribution < -0.4 is 0 Å². The zero-order valence-electron chi connectivity index (χ0n) is 12.5. The molecule has 0 radical (unpaired) electrons. The van der Waals surface area contributed by atoms with E-state index < -0.39 is 0 Å². The van der Waals surface area contributed by atoms with Crippen molar-refractivity contribution in [2.75, 3.05) is 13.2 Å². The smallest absolute Gasteiger partial charge is 0.166 e.